The number of morpholine rings is 1. The standard InChI is InChI=1S/C19H27ClN2O4S/c20-18-9-8-16(27(24,25)22-10-12-26-13-11-22)14-17(18)19(23)21-15-6-4-2-1-3-5-7-15/h8-9,14-15H,1-7,10-13H2,(H,21,23). The van der Waals surface area contributed by atoms with Crippen molar-refractivity contribution in [3.63, 3.8) is 0 Å². The summed E-state index contributed by atoms with van der Waals surface area (Å²) in [6.07, 6.45) is 7.76. The van der Waals surface area contributed by atoms with E-state index >= 15 is 0 Å². The summed E-state index contributed by atoms with van der Waals surface area (Å²) in [5.74, 6) is -0.301. The maximum atomic E-state index is 12.8. The second-order valence-corrected chi connectivity index (χ2v) is 9.52. The first-order chi connectivity index (χ1) is 13.0. The van der Waals surface area contributed by atoms with E-state index < -0.39 is 10.0 Å². The number of ether oxygens (including phenoxy) is 1. The summed E-state index contributed by atoms with van der Waals surface area (Å²) in [6.45, 7) is 1.38. The summed E-state index contributed by atoms with van der Waals surface area (Å²) in [7, 11) is -3.66. The number of halogens is 1. The lowest BCUT2D eigenvalue weighted by atomic mass is 9.96. The topological polar surface area (TPSA) is 75.7 Å². The summed E-state index contributed by atoms with van der Waals surface area (Å²) in [5.41, 5.74) is 0.216. The molecule has 1 heterocycles. The Labute approximate surface area is 166 Å². The maximum Gasteiger partial charge on any atom is 0.253 e. The van der Waals surface area contributed by atoms with Crippen LogP contribution in [0.1, 0.15) is 55.3 Å². The van der Waals surface area contributed by atoms with Crippen LogP contribution in [0, 0.1) is 0 Å². The number of benzene rings is 1. The minimum absolute atomic E-state index is 0.0941. The largest absolute Gasteiger partial charge is 0.379 e. The molecule has 1 aromatic carbocycles. The molecule has 0 radical (unpaired) electrons. The third-order valence-electron chi connectivity index (χ3n) is 5.23. The zero-order valence-electron chi connectivity index (χ0n) is 15.5. The summed E-state index contributed by atoms with van der Waals surface area (Å²) in [4.78, 5) is 12.9. The van der Waals surface area contributed by atoms with Crippen LogP contribution in [0.5, 0.6) is 0 Å². The molecule has 0 bridgehead atoms. The lowest BCUT2D eigenvalue weighted by molar-refractivity contribution is 0.0730. The maximum absolute atomic E-state index is 12.8. The predicted molar refractivity (Wildman–Crippen MR) is 105 cm³/mol. The highest BCUT2D eigenvalue weighted by atomic mass is 35.5. The lowest BCUT2D eigenvalue weighted by Gasteiger charge is -2.26. The SMILES string of the molecule is O=C(NC1CCCCCCC1)c1cc(S(=O)(=O)N2CCOCC2)ccc1Cl. The van der Waals surface area contributed by atoms with E-state index in [1.165, 1.54) is 41.8 Å². The van der Waals surface area contributed by atoms with E-state index in [2.05, 4.69) is 5.32 Å². The highest BCUT2D eigenvalue weighted by Gasteiger charge is 2.28. The van der Waals surface area contributed by atoms with Crippen molar-refractivity contribution in [3.8, 4) is 0 Å². The van der Waals surface area contributed by atoms with Crippen LogP contribution < -0.4 is 5.32 Å². The molecule has 1 amide bonds. The van der Waals surface area contributed by atoms with Crippen LogP contribution in [0.15, 0.2) is 23.1 Å². The minimum Gasteiger partial charge on any atom is -0.379 e. The van der Waals surface area contributed by atoms with Gasteiger partial charge in [0.1, 0.15) is 0 Å². The molecular weight excluding hydrogens is 388 g/mol. The van der Waals surface area contributed by atoms with Gasteiger partial charge in [0.25, 0.3) is 5.91 Å². The van der Waals surface area contributed by atoms with Crippen molar-refractivity contribution in [2.45, 2.75) is 55.9 Å². The molecule has 1 N–H and O–H groups in total. The molecule has 3 rings (SSSR count). The van der Waals surface area contributed by atoms with Crippen LogP contribution in [0.25, 0.3) is 0 Å². The van der Waals surface area contributed by atoms with E-state index in [1.807, 2.05) is 0 Å². The Morgan fingerprint density at radius 2 is 1.70 bits per heavy atom. The second-order valence-electron chi connectivity index (χ2n) is 7.17. The zero-order chi connectivity index (χ0) is 19.3. The van der Waals surface area contributed by atoms with Gasteiger partial charge in [-0.25, -0.2) is 8.42 Å². The van der Waals surface area contributed by atoms with Gasteiger partial charge in [0.15, 0.2) is 0 Å². The third kappa shape index (κ3) is 5.22. The van der Waals surface area contributed by atoms with Crippen LogP contribution in [0.4, 0.5) is 0 Å². The molecule has 0 aromatic heterocycles. The molecule has 6 nitrogen and oxygen atoms in total. The van der Waals surface area contributed by atoms with Gasteiger partial charge in [-0.05, 0) is 31.0 Å². The van der Waals surface area contributed by atoms with Crippen LogP contribution >= 0.6 is 11.6 Å². The average molecular weight is 415 g/mol. The number of carbonyl (C=O) groups is 1. The van der Waals surface area contributed by atoms with Gasteiger partial charge < -0.3 is 10.1 Å². The molecule has 8 heteroatoms. The third-order valence-corrected chi connectivity index (χ3v) is 7.45. The Hall–Kier alpha value is -1.15. The van der Waals surface area contributed by atoms with Crippen molar-refractivity contribution in [1.82, 2.24) is 9.62 Å². The molecule has 0 unspecified atom stereocenters. The summed E-state index contributed by atoms with van der Waals surface area (Å²) in [6, 6.07) is 4.46. The van der Waals surface area contributed by atoms with Crippen molar-refractivity contribution >= 4 is 27.5 Å². The smallest absolute Gasteiger partial charge is 0.253 e. The number of hydrogen-bond acceptors (Lipinski definition) is 4. The Bertz CT molecular complexity index is 755. The van der Waals surface area contributed by atoms with Crippen molar-refractivity contribution in [2.24, 2.45) is 0 Å². The molecule has 0 atom stereocenters. The zero-order valence-corrected chi connectivity index (χ0v) is 17.0. The van der Waals surface area contributed by atoms with E-state index in [4.69, 9.17) is 16.3 Å². The molecule has 1 saturated carbocycles. The van der Waals surface area contributed by atoms with Gasteiger partial charge in [-0.2, -0.15) is 4.31 Å². The molecule has 1 aliphatic heterocycles. The molecule has 1 aliphatic carbocycles. The van der Waals surface area contributed by atoms with Gasteiger partial charge in [-0.3, -0.25) is 4.79 Å². The fourth-order valence-electron chi connectivity index (χ4n) is 3.64. The van der Waals surface area contributed by atoms with Gasteiger partial charge in [0.2, 0.25) is 10.0 Å². The van der Waals surface area contributed by atoms with E-state index in [-0.39, 0.29) is 27.4 Å². The Kier molecular flexibility index (Phi) is 7.14. The first kappa shape index (κ1) is 20.6. The molecular formula is C19H27ClN2O4S. The van der Waals surface area contributed by atoms with Crippen molar-refractivity contribution in [2.75, 3.05) is 26.3 Å². The van der Waals surface area contributed by atoms with Gasteiger partial charge >= 0.3 is 0 Å². The van der Waals surface area contributed by atoms with Crippen LogP contribution in [-0.4, -0.2) is 51.0 Å². The molecule has 2 aliphatic rings. The molecule has 150 valence electrons. The van der Waals surface area contributed by atoms with E-state index in [1.54, 1.807) is 0 Å². The quantitative estimate of drug-likeness (QED) is 0.820. The fraction of sp³-hybridized carbons (Fsp3) is 0.632. The van der Waals surface area contributed by atoms with Crippen LogP contribution in [0.3, 0.4) is 0 Å². The predicted octanol–water partition coefficient (Wildman–Crippen LogP) is 3.20. The Morgan fingerprint density at radius 3 is 2.37 bits per heavy atom. The Balaban J connectivity index is 1.77. The summed E-state index contributed by atoms with van der Waals surface area (Å²) < 4.78 is 32.3. The number of carbonyl (C=O) groups excluding carboxylic acids is 1. The molecule has 2 fully saturated rings. The summed E-state index contributed by atoms with van der Waals surface area (Å²) in [5, 5.41) is 3.31. The minimum atomic E-state index is -3.66. The highest BCUT2D eigenvalue weighted by Crippen LogP contribution is 2.24. The van der Waals surface area contributed by atoms with Gasteiger partial charge in [-0.15, -0.1) is 0 Å². The first-order valence-electron chi connectivity index (χ1n) is 9.67. The summed E-state index contributed by atoms with van der Waals surface area (Å²) >= 11 is 6.21. The second kappa shape index (κ2) is 9.37. The van der Waals surface area contributed by atoms with Gasteiger partial charge in [-0.1, -0.05) is 43.7 Å². The molecule has 27 heavy (non-hydrogen) atoms. The normalized spacial score (nSPS) is 20.6. The van der Waals surface area contributed by atoms with E-state index in [0.717, 1.165) is 25.7 Å². The molecule has 0 spiro atoms. The van der Waals surface area contributed by atoms with Gasteiger partial charge in [0, 0.05) is 19.1 Å². The van der Waals surface area contributed by atoms with Crippen molar-refractivity contribution in [1.29, 1.82) is 0 Å². The van der Waals surface area contributed by atoms with E-state index in [9.17, 15) is 13.2 Å². The number of amides is 1. The fourth-order valence-corrected chi connectivity index (χ4v) is 5.28. The highest BCUT2D eigenvalue weighted by molar-refractivity contribution is 7.89. The van der Waals surface area contributed by atoms with E-state index in [0.29, 0.717) is 26.3 Å². The van der Waals surface area contributed by atoms with Crippen LogP contribution in [0.2, 0.25) is 5.02 Å². The first-order valence-corrected chi connectivity index (χ1v) is 11.5. The monoisotopic (exact) mass is 414 g/mol. The number of hydrogen-bond donors (Lipinski definition) is 1. The van der Waals surface area contributed by atoms with Gasteiger partial charge in [0.05, 0.1) is 28.7 Å². The Morgan fingerprint density at radius 1 is 1.07 bits per heavy atom. The number of rotatable bonds is 4. The number of nitrogens with zero attached hydrogens (tertiary/aromatic N) is 1. The number of nitrogens with one attached hydrogen (secondary N) is 1. The lowest BCUT2D eigenvalue weighted by Crippen LogP contribution is -2.40. The van der Waals surface area contributed by atoms with Crippen molar-refractivity contribution < 1.29 is 17.9 Å². The van der Waals surface area contributed by atoms with Crippen LogP contribution in [-0.2, 0) is 14.8 Å². The van der Waals surface area contributed by atoms with Crippen molar-refractivity contribution in [3.05, 3.63) is 28.8 Å². The molecule has 1 aromatic rings. The number of sulfonamides is 1. The molecule has 1 saturated heterocycles. The average Bonchev–Trinajstić information content (AvgIpc) is 2.64.